The molecule has 1 aliphatic rings. The minimum absolute atomic E-state index is 0.293. The third-order valence-corrected chi connectivity index (χ3v) is 4.14. The zero-order valence-electron chi connectivity index (χ0n) is 13.8. The van der Waals surface area contributed by atoms with Crippen LogP contribution in [0.1, 0.15) is 49.0 Å². The molecule has 0 unspecified atom stereocenters. The van der Waals surface area contributed by atoms with Crippen molar-refractivity contribution in [2.75, 3.05) is 26.8 Å². The largest absolute Gasteiger partial charge is 0.384 e. The van der Waals surface area contributed by atoms with Crippen LogP contribution in [0, 0.1) is 0 Å². The zero-order chi connectivity index (χ0) is 16.1. The van der Waals surface area contributed by atoms with Crippen LogP contribution in [0.15, 0.2) is 4.52 Å². The van der Waals surface area contributed by atoms with Crippen molar-refractivity contribution in [2.45, 2.75) is 45.1 Å². The van der Waals surface area contributed by atoms with Crippen molar-refractivity contribution in [2.24, 2.45) is 0 Å². The number of aromatic amines is 1. The van der Waals surface area contributed by atoms with E-state index in [1.165, 1.54) is 0 Å². The average Bonchev–Trinajstić information content (AvgIpc) is 3.22. The van der Waals surface area contributed by atoms with Gasteiger partial charge >= 0.3 is 0 Å². The molecule has 2 aromatic rings. The van der Waals surface area contributed by atoms with E-state index in [9.17, 15) is 0 Å². The Morgan fingerprint density at radius 2 is 2.26 bits per heavy atom. The number of ether oxygens (including phenoxy) is 1. The van der Waals surface area contributed by atoms with Crippen molar-refractivity contribution >= 4 is 0 Å². The quantitative estimate of drug-likeness (QED) is 0.822. The molecule has 8 nitrogen and oxygen atoms in total. The molecule has 1 atom stereocenters. The van der Waals surface area contributed by atoms with E-state index >= 15 is 0 Å². The number of methoxy groups -OCH3 is 1. The van der Waals surface area contributed by atoms with Gasteiger partial charge in [0, 0.05) is 26.5 Å². The summed E-state index contributed by atoms with van der Waals surface area (Å²) in [5, 5.41) is 11.3. The summed E-state index contributed by atoms with van der Waals surface area (Å²) < 4.78 is 10.5. The molecular formula is C15H24N6O2. The molecular weight excluding hydrogens is 296 g/mol. The molecule has 0 aliphatic carbocycles. The Labute approximate surface area is 135 Å². The molecule has 1 saturated heterocycles. The molecule has 2 aromatic heterocycles. The van der Waals surface area contributed by atoms with Gasteiger partial charge < -0.3 is 9.26 Å². The van der Waals surface area contributed by atoms with Gasteiger partial charge in [-0.15, -0.1) is 0 Å². The number of H-pyrrole nitrogens is 1. The number of hydrogen-bond acceptors (Lipinski definition) is 7. The molecule has 0 aromatic carbocycles. The third kappa shape index (κ3) is 4.14. The molecule has 0 spiro atoms. The van der Waals surface area contributed by atoms with Crippen molar-refractivity contribution < 1.29 is 9.26 Å². The first-order valence-corrected chi connectivity index (χ1v) is 8.22. The molecule has 3 rings (SSSR count). The maximum atomic E-state index is 5.44. The first-order valence-electron chi connectivity index (χ1n) is 8.22. The molecule has 1 N–H and O–H groups in total. The number of hydrogen-bond donors (Lipinski definition) is 1. The van der Waals surface area contributed by atoms with Crippen LogP contribution in [0.5, 0.6) is 0 Å². The van der Waals surface area contributed by atoms with Crippen molar-refractivity contribution in [3.05, 3.63) is 23.4 Å². The van der Waals surface area contributed by atoms with Crippen LogP contribution in [-0.2, 0) is 24.1 Å². The summed E-state index contributed by atoms with van der Waals surface area (Å²) in [6.45, 7) is 5.42. The second-order valence-electron chi connectivity index (χ2n) is 5.92. The lowest BCUT2D eigenvalue weighted by Crippen LogP contribution is -2.34. The standard InChI is InChI=1S/C15H24N6O2/c1-3-12-16-14(19-18-12)10-21-7-4-5-11(9-21)15-17-13(20-23-15)6-8-22-2/h11H,3-10H2,1-2H3,(H,16,18,19)/t11-/m1/s1. The number of nitrogens with one attached hydrogen (secondary N) is 1. The van der Waals surface area contributed by atoms with Gasteiger partial charge in [-0.2, -0.15) is 10.1 Å². The van der Waals surface area contributed by atoms with Crippen LogP contribution in [0.2, 0.25) is 0 Å². The monoisotopic (exact) mass is 320 g/mol. The van der Waals surface area contributed by atoms with Gasteiger partial charge in [0.1, 0.15) is 11.6 Å². The van der Waals surface area contributed by atoms with E-state index in [1.54, 1.807) is 7.11 Å². The van der Waals surface area contributed by atoms with E-state index in [1.807, 2.05) is 0 Å². The maximum Gasteiger partial charge on any atom is 0.231 e. The van der Waals surface area contributed by atoms with Gasteiger partial charge in [-0.05, 0) is 19.4 Å². The predicted octanol–water partition coefficient (Wildman–Crippen LogP) is 1.32. The fourth-order valence-corrected chi connectivity index (χ4v) is 2.90. The van der Waals surface area contributed by atoms with E-state index in [4.69, 9.17) is 9.26 Å². The van der Waals surface area contributed by atoms with Gasteiger partial charge in [0.05, 0.1) is 19.1 Å². The van der Waals surface area contributed by atoms with Crippen LogP contribution in [-0.4, -0.2) is 57.0 Å². The van der Waals surface area contributed by atoms with E-state index in [0.29, 0.717) is 18.9 Å². The maximum absolute atomic E-state index is 5.44. The summed E-state index contributed by atoms with van der Waals surface area (Å²) in [5.74, 6) is 3.55. The van der Waals surface area contributed by atoms with Gasteiger partial charge in [-0.25, -0.2) is 4.98 Å². The molecule has 1 fully saturated rings. The average molecular weight is 320 g/mol. The van der Waals surface area contributed by atoms with Gasteiger partial charge in [0.25, 0.3) is 0 Å². The van der Waals surface area contributed by atoms with Crippen molar-refractivity contribution in [1.29, 1.82) is 0 Å². The SMILES string of the molecule is CCc1n[nH]c(CN2CCC[C@@H](c3nc(CCOC)no3)C2)n1. The first kappa shape index (κ1) is 16.1. The summed E-state index contributed by atoms with van der Waals surface area (Å²) >= 11 is 0. The van der Waals surface area contributed by atoms with E-state index < -0.39 is 0 Å². The number of nitrogens with zero attached hydrogens (tertiary/aromatic N) is 5. The smallest absolute Gasteiger partial charge is 0.231 e. The Kier molecular flexibility index (Phi) is 5.35. The Bertz CT molecular complexity index is 611. The van der Waals surface area contributed by atoms with Crippen LogP contribution in [0.25, 0.3) is 0 Å². The summed E-state index contributed by atoms with van der Waals surface area (Å²) in [6.07, 6.45) is 3.74. The Morgan fingerprint density at radius 3 is 3.04 bits per heavy atom. The van der Waals surface area contributed by atoms with Crippen LogP contribution in [0.4, 0.5) is 0 Å². The van der Waals surface area contributed by atoms with Crippen molar-refractivity contribution in [3.8, 4) is 0 Å². The topological polar surface area (TPSA) is 93.0 Å². The lowest BCUT2D eigenvalue weighted by Gasteiger charge is -2.30. The second kappa shape index (κ2) is 7.65. The summed E-state index contributed by atoms with van der Waals surface area (Å²) in [5.41, 5.74) is 0. The summed E-state index contributed by atoms with van der Waals surface area (Å²) in [7, 11) is 1.67. The van der Waals surface area contributed by atoms with Gasteiger partial charge in [0.15, 0.2) is 5.82 Å². The Hall–Kier alpha value is -1.80. The van der Waals surface area contributed by atoms with Gasteiger partial charge in [0.2, 0.25) is 5.89 Å². The Morgan fingerprint density at radius 1 is 1.35 bits per heavy atom. The van der Waals surface area contributed by atoms with Gasteiger partial charge in [-0.3, -0.25) is 10.00 Å². The van der Waals surface area contributed by atoms with Gasteiger partial charge in [-0.1, -0.05) is 12.1 Å². The normalized spacial score (nSPS) is 19.3. The number of likely N-dealkylation sites (tertiary alicyclic amines) is 1. The van der Waals surface area contributed by atoms with E-state index in [0.717, 1.165) is 62.3 Å². The van der Waals surface area contributed by atoms with E-state index in [-0.39, 0.29) is 0 Å². The molecule has 1 aliphatic heterocycles. The highest BCUT2D eigenvalue weighted by Gasteiger charge is 2.26. The fourth-order valence-electron chi connectivity index (χ4n) is 2.90. The highest BCUT2D eigenvalue weighted by Crippen LogP contribution is 2.26. The van der Waals surface area contributed by atoms with Crippen LogP contribution >= 0.6 is 0 Å². The zero-order valence-corrected chi connectivity index (χ0v) is 13.8. The highest BCUT2D eigenvalue weighted by atomic mass is 16.5. The third-order valence-electron chi connectivity index (χ3n) is 4.14. The molecule has 0 saturated carbocycles. The van der Waals surface area contributed by atoms with Crippen LogP contribution in [0.3, 0.4) is 0 Å². The molecule has 0 radical (unpaired) electrons. The minimum atomic E-state index is 0.293. The summed E-state index contributed by atoms with van der Waals surface area (Å²) in [6, 6.07) is 0. The molecule has 126 valence electrons. The lowest BCUT2D eigenvalue weighted by molar-refractivity contribution is 0.176. The second-order valence-corrected chi connectivity index (χ2v) is 5.92. The van der Waals surface area contributed by atoms with Crippen molar-refractivity contribution in [1.82, 2.24) is 30.2 Å². The van der Waals surface area contributed by atoms with Crippen molar-refractivity contribution in [3.63, 3.8) is 0 Å². The van der Waals surface area contributed by atoms with Crippen LogP contribution < -0.4 is 0 Å². The molecule has 0 bridgehead atoms. The summed E-state index contributed by atoms with van der Waals surface area (Å²) in [4.78, 5) is 11.4. The number of rotatable bonds is 7. The first-order chi connectivity index (χ1) is 11.3. The number of aromatic nitrogens is 5. The molecule has 8 heteroatoms. The predicted molar refractivity (Wildman–Crippen MR) is 82.9 cm³/mol. The molecule has 23 heavy (non-hydrogen) atoms. The number of piperidine rings is 1. The fraction of sp³-hybridized carbons (Fsp3) is 0.733. The molecule has 3 heterocycles. The Balaban J connectivity index is 1.58. The van der Waals surface area contributed by atoms with E-state index in [2.05, 4.69) is 37.1 Å². The minimum Gasteiger partial charge on any atom is -0.384 e. The lowest BCUT2D eigenvalue weighted by atomic mass is 9.98. The number of aryl methyl sites for hydroxylation is 1. The highest BCUT2D eigenvalue weighted by molar-refractivity contribution is 4.98. The molecule has 0 amide bonds.